The van der Waals surface area contributed by atoms with Crippen LogP contribution in [-0.4, -0.2) is 26.4 Å². The van der Waals surface area contributed by atoms with Gasteiger partial charge in [0.25, 0.3) is 5.56 Å². The van der Waals surface area contributed by atoms with Gasteiger partial charge in [-0.25, -0.2) is 4.98 Å². The molecule has 5 rings (SSSR count). The molecule has 29 heavy (non-hydrogen) atoms. The number of nitrogens with two attached hydrogens (primary N) is 1. The fraction of sp³-hybridized carbons (Fsp3) is 0.182. The molecule has 0 radical (unpaired) electrons. The largest absolute Gasteiger partial charge is 0.399 e. The first-order chi connectivity index (χ1) is 14.1. The van der Waals surface area contributed by atoms with Crippen LogP contribution in [0.2, 0.25) is 5.02 Å². The topological polar surface area (TPSA) is 90.8 Å². The summed E-state index contributed by atoms with van der Waals surface area (Å²) in [6.45, 7) is 2.21. The van der Waals surface area contributed by atoms with Gasteiger partial charge in [-0.2, -0.15) is 0 Å². The maximum Gasteiger partial charge on any atom is 0.254 e. The van der Waals surface area contributed by atoms with Crippen LogP contribution in [0.4, 0.5) is 5.69 Å². The van der Waals surface area contributed by atoms with Gasteiger partial charge in [-0.15, -0.1) is 0 Å². The molecule has 0 saturated carbocycles. The van der Waals surface area contributed by atoms with Crippen LogP contribution in [-0.2, 0) is 19.5 Å². The highest BCUT2D eigenvalue weighted by molar-refractivity contribution is 6.31. The number of nitrogens with zero attached hydrogens (tertiary/aromatic N) is 2. The number of fused-ring (bicyclic) bond motifs is 2. The Kier molecular flexibility index (Phi) is 4.38. The molecule has 7 heteroatoms. The maximum absolute atomic E-state index is 12.6. The third-order valence-corrected chi connectivity index (χ3v) is 5.70. The Morgan fingerprint density at radius 3 is 2.83 bits per heavy atom. The van der Waals surface area contributed by atoms with Gasteiger partial charge in [0.1, 0.15) is 5.82 Å². The molecule has 0 amide bonds. The minimum Gasteiger partial charge on any atom is -0.399 e. The van der Waals surface area contributed by atoms with E-state index in [4.69, 9.17) is 22.3 Å². The molecule has 6 nitrogen and oxygen atoms in total. The van der Waals surface area contributed by atoms with Crippen molar-refractivity contribution in [1.82, 2.24) is 19.9 Å². The maximum atomic E-state index is 12.6. The van der Waals surface area contributed by atoms with E-state index in [-0.39, 0.29) is 5.56 Å². The zero-order chi connectivity index (χ0) is 20.0. The molecule has 3 heterocycles. The quantitative estimate of drug-likeness (QED) is 0.453. The highest BCUT2D eigenvalue weighted by atomic mass is 35.5. The van der Waals surface area contributed by atoms with Gasteiger partial charge < -0.3 is 15.7 Å². The number of nitrogens with one attached hydrogen (secondary N) is 2. The second-order valence-corrected chi connectivity index (χ2v) is 7.86. The number of benzene rings is 2. The number of aromatic amines is 2. The Bertz CT molecular complexity index is 1260. The molecule has 2 aromatic heterocycles. The number of H-pyrrole nitrogens is 2. The van der Waals surface area contributed by atoms with Gasteiger partial charge >= 0.3 is 0 Å². The van der Waals surface area contributed by atoms with Gasteiger partial charge in [-0.05, 0) is 54.4 Å². The first kappa shape index (κ1) is 18.0. The van der Waals surface area contributed by atoms with Crippen LogP contribution in [0.3, 0.4) is 0 Å². The Morgan fingerprint density at radius 2 is 2.00 bits per heavy atom. The molecule has 0 atom stereocenters. The third kappa shape index (κ3) is 3.41. The second-order valence-electron chi connectivity index (χ2n) is 7.43. The minimum atomic E-state index is -0.0552. The van der Waals surface area contributed by atoms with Gasteiger partial charge in [-0.1, -0.05) is 11.6 Å². The van der Waals surface area contributed by atoms with E-state index in [1.807, 2.05) is 48.7 Å². The second kappa shape index (κ2) is 7.06. The lowest BCUT2D eigenvalue weighted by molar-refractivity contribution is 0.241. The van der Waals surface area contributed by atoms with E-state index in [1.54, 1.807) is 0 Å². The Morgan fingerprint density at radius 1 is 1.17 bits per heavy atom. The Labute approximate surface area is 172 Å². The third-order valence-electron chi connectivity index (χ3n) is 5.46. The summed E-state index contributed by atoms with van der Waals surface area (Å²) in [7, 11) is 0. The summed E-state index contributed by atoms with van der Waals surface area (Å²) in [6.07, 6.45) is 2.71. The summed E-state index contributed by atoms with van der Waals surface area (Å²) >= 11 is 6.18. The molecule has 2 aromatic carbocycles. The summed E-state index contributed by atoms with van der Waals surface area (Å²) in [5.41, 5.74) is 11.1. The van der Waals surface area contributed by atoms with E-state index in [0.29, 0.717) is 24.5 Å². The molecule has 0 saturated heterocycles. The average molecular weight is 406 g/mol. The average Bonchev–Trinajstić information content (AvgIpc) is 3.10. The number of rotatable bonds is 3. The van der Waals surface area contributed by atoms with E-state index in [9.17, 15) is 4.79 Å². The van der Waals surface area contributed by atoms with Crippen LogP contribution in [0.25, 0.3) is 22.3 Å². The molecule has 4 N–H and O–H groups in total. The molecule has 0 fully saturated rings. The number of nitrogen functional groups attached to an aromatic ring is 1. The van der Waals surface area contributed by atoms with E-state index in [2.05, 4.69) is 14.9 Å². The normalized spacial score (nSPS) is 14.2. The van der Waals surface area contributed by atoms with Crippen LogP contribution in [0.1, 0.15) is 16.8 Å². The van der Waals surface area contributed by atoms with Gasteiger partial charge in [0.2, 0.25) is 0 Å². The summed E-state index contributed by atoms with van der Waals surface area (Å²) in [5.74, 6) is 0.578. The molecule has 1 aliphatic rings. The summed E-state index contributed by atoms with van der Waals surface area (Å²) in [6, 6.07) is 13.2. The minimum absolute atomic E-state index is 0.0552. The SMILES string of the molecule is Nc1ccc(-c2nc3c(c(=O)[nH]2)CCN(Cc2c[nH]c4ccc(Cl)cc24)C3)cc1. The van der Waals surface area contributed by atoms with E-state index < -0.39 is 0 Å². The van der Waals surface area contributed by atoms with Crippen LogP contribution in [0.15, 0.2) is 53.5 Å². The fourth-order valence-electron chi connectivity index (χ4n) is 3.93. The predicted octanol–water partition coefficient (Wildman–Crippen LogP) is 3.71. The van der Waals surface area contributed by atoms with Crippen LogP contribution in [0.5, 0.6) is 0 Å². The van der Waals surface area contributed by atoms with E-state index in [1.165, 1.54) is 5.56 Å². The lowest BCUT2D eigenvalue weighted by atomic mass is 10.0. The van der Waals surface area contributed by atoms with Crippen molar-refractivity contribution in [3.8, 4) is 11.4 Å². The number of anilines is 1. The van der Waals surface area contributed by atoms with Crippen molar-refractivity contribution in [3.05, 3.63) is 80.9 Å². The highest BCUT2D eigenvalue weighted by Gasteiger charge is 2.22. The summed E-state index contributed by atoms with van der Waals surface area (Å²) in [4.78, 5) is 25.9. The zero-order valence-corrected chi connectivity index (χ0v) is 16.5. The van der Waals surface area contributed by atoms with E-state index >= 15 is 0 Å². The molecule has 0 spiro atoms. The van der Waals surface area contributed by atoms with Crippen LogP contribution in [0, 0.1) is 0 Å². The number of hydrogen-bond donors (Lipinski definition) is 3. The highest BCUT2D eigenvalue weighted by Crippen LogP contribution is 2.26. The van der Waals surface area contributed by atoms with Crippen molar-refractivity contribution >= 4 is 28.2 Å². The Balaban J connectivity index is 1.44. The molecule has 0 aliphatic carbocycles. The van der Waals surface area contributed by atoms with Gasteiger partial charge in [0, 0.05) is 58.6 Å². The van der Waals surface area contributed by atoms with Crippen molar-refractivity contribution in [3.63, 3.8) is 0 Å². The van der Waals surface area contributed by atoms with Crippen molar-refractivity contribution < 1.29 is 0 Å². The lowest BCUT2D eigenvalue weighted by Crippen LogP contribution is -2.35. The monoisotopic (exact) mass is 405 g/mol. The van der Waals surface area contributed by atoms with Crippen LogP contribution < -0.4 is 11.3 Å². The molecule has 1 aliphatic heterocycles. The van der Waals surface area contributed by atoms with Gasteiger partial charge in [0.05, 0.1) is 5.69 Å². The fourth-order valence-corrected chi connectivity index (χ4v) is 4.10. The molecule has 0 unspecified atom stereocenters. The number of aromatic nitrogens is 3. The van der Waals surface area contributed by atoms with Crippen molar-refractivity contribution in [2.45, 2.75) is 19.5 Å². The predicted molar refractivity (Wildman–Crippen MR) is 116 cm³/mol. The van der Waals surface area contributed by atoms with E-state index in [0.717, 1.165) is 45.8 Å². The first-order valence-electron chi connectivity index (χ1n) is 9.53. The lowest BCUT2D eigenvalue weighted by Gasteiger charge is -2.27. The summed E-state index contributed by atoms with van der Waals surface area (Å²) in [5, 5.41) is 1.86. The smallest absolute Gasteiger partial charge is 0.254 e. The van der Waals surface area contributed by atoms with Crippen LogP contribution >= 0.6 is 11.6 Å². The summed E-state index contributed by atoms with van der Waals surface area (Å²) < 4.78 is 0. The number of hydrogen-bond acceptors (Lipinski definition) is 4. The van der Waals surface area contributed by atoms with Crippen molar-refractivity contribution in [2.75, 3.05) is 12.3 Å². The van der Waals surface area contributed by atoms with Crippen molar-refractivity contribution in [2.24, 2.45) is 0 Å². The molecule has 0 bridgehead atoms. The Hall–Kier alpha value is -3.09. The number of halogens is 1. The molecular weight excluding hydrogens is 386 g/mol. The van der Waals surface area contributed by atoms with Gasteiger partial charge in [0.15, 0.2) is 0 Å². The zero-order valence-electron chi connectivity index (χ0n) is 15.7. The standard InChI is InChI=1S/C22H20ClN5O/c23-15-3-6-19-18(9-15)14(10-25-19)11-28-8-7-17-20(12-28)26-21(27-22(17)29)13-1-4-16(24)5-2-13/h1-6,9-10,25H,7-8,11-12,24H2,(H,26,27,29). The van der Waals surface area contributed by atoms with Gasteiger partial charge in [-0.3, -0.25) is 9.69 Å². The molecule has 4 aromatic rings. The molecular formula is C22H20ClN5O. The first-order valence-corrected chi connectivity index (χ1v) is 9.90. The van der Waals surface area contributed by atoms with Crippen molar-refractivity contribution in [1.29, 1.82) is 0 Å². The molecule has 146 valence electrons.